The van der Waals surface area contributed by atoms with Gasteiger partial charge in [0.15, 0.2) is 0 Å². The molecule has 0 atom stereocenters. The zero-order valence-corrected chi connectivity index (χ0v) is 13.8. The van der Waals surface area contributed by atoms with Crippen LogP contribution in [-0.4, -0.2) is 17.8 Å². The number of halogens is 1. The van der Waals surface area contributed by atoms with E-state index in [-0.39, 0.29) is 5.91 Å². The second kappa shape index (κ2) is 6.99. The molecule has 1 amide bonds. The fraction of sp³-hybridized carbons (Fsp3) is 0.0556. The molecule has 0 fully saturated rings. The van der Waals surface area contributed by atoms with Crippen molar-refractivity contribution in [1.29, 1.82) is 0 Å². The molecule has 120 valence electrons. The van der Waals surface area contributed by atoms with E-state index in [2.05, 4.69) is 5.32 Å². The van der Waals surface area contributed by atoms with E-state index in [4.69, 9.17) is 0 Å². The van der Waals surface area contributed by atoms with E-state index in [1.54, 1.807) is 25.0 Å². The summed E-state index contributed by atoms with van der Waals surface area (Å²) in [6.07, 6.45) is 0. The van der Waals surface area contributed by atoms with Gasteiger partial charge in [-0.15, -0.1) is 11.3 Å². The van der Waals surface area contributed by atoms with E-state index < -0.39 is 12.7 Å². The third kappa shape index (κ3) is 3.72. The zero-order valence-electron chi connectivity index (χ0n) is 13.0. The molecule has 2 aromatic carbocycles. The smallest absolute Gasteiger partial charge is 0.320 e. The average Bonchev–Trinajstić information content (AvgIpc) is 3.05. The summed E-state index contributed by atoms with van der Waals surface area (Å²) in [7, 11) is 0. The topological polar surface area (TPSA) is 49.3 Å². The number of carbonyl (C=O) groups is 1. The van der Waals surface area contributed by atoms with E-state index in [1.807, 2.05) is 30.3 Å². The van der Waals surface area contributed by atoms with Gasteiger partial charge >= 0.3 is 6.92 Å². The summed E-state index contributed by atoms with van der Waals surface area (Å²) in [5.41, 5.74) is 2.20. The van der Waals surface area contributed by atoms with Gasteiger partial charge in [0.25, 0.3) is 5.91 Å². The molecular formula is C18H15BFNO2S. The fourth-order valence-corrected chi connectivity index (χ4v) is 3.22. The molecule has 6 heteroatoms. The van der Waals surface area contributed by atoms with Crippen molar-refractivity contribution >= 4 is 35.3 Å². The maximum Gasteiger partial charge on any atom is 0.320 e. The average molecular weight is 339 g/mol. The van der Waals surface area contributed by atoms with Crippen LogP contribution in [0.4, 0.5) is 10.1 Å². The molecule has 0 saturated heterocycles. The number of hydrogen-bond donors (Lipinski definition) is 2. The highest BCUT2D eigenvalue weighted by atomic mass is 32.1. The highest BCUT2D eigenvalue weighted by molar-refractivity contribution is 7.17. The Bertz CT molecular complexity index is 879. The van der Waals surface area contributed by atoms with Crippen molar-refractivity contribution in [3.05, 3.63) is 71.4 Å². The number of anilines is 1. The predicted molar refractivity (Wildman–Crippen MR) is 97.6 cm³/mol. The van der Waals surface area contributed by atoms with Gasteiger partial charge in [-0.3, -0.25) is 4.79 Å². The van der Waals surface area contributed by atoms with Crippen molar-refractivity contribution in [2.75, 3.05) is 5.32 Å². The summed E-state index contributed by atoms with van der Waals surface area (Å²) in [5, 5.41) is 12.4. The molecule has 1 heterocycles. The summed E-state index contributed by atoms with van der Waals surface area (Å²) < 4.78 is 13.2. The van der Waals surface area contributed by atoms with Crippen molar-refractivity contribution < 1.29 is 14.2 Å². The van der Waals surface area contributed by atoms with Crippen LogP contribution in [0.2, 0.25) is 6.82 Å². The van der Waals surface area contributed by atoms with E-state index in [9.17, 15) is 14.2 Å². The molecule has 2 N–H and O–H groups in total. The van der Waals surface area contributed by atoms with Crippen LogP contribution in [0.15, 0.2) is 60.7 Å². The summed E-state index contributed by atoms with van der Waals surface area (Å²) in [6, 6.07) is 17.0. The third-order valence-electron chi connectivity index (χ3n) is 3.57. The number of hydrogen-bond acceptors (Lipinski definition) is 3. The normalized spacial score (nSPS) is 10.5. The highest BCUT2D eigenvalue weighted by Crippen LogP contribution is 2.28. The maximum absolute atomic E-state index is 13.2. The summed E-state index contributed by atoms with van der Waals surface area (Å²) in [5.74, 6) is -0.668. The Hall–Kier alpha value is -2.44. The van der Waals surface area contributed by atoms with Gasteiger partial charge in [-0.1, -0.05) is 37.2 Å². The molecule has 0 radical (unpaired) electrons. The first-order valence-corrected chi connectivity index (χ1v) is 8.30. The Morgan fingerprint density at radius 3 is 2.67 bits per heavy atom. The molecule has 0 unspecified atom stereocenters. The van der Waals surface area contributed by atoms with Crippen LogP contribution in [0.25, 0.3) is 10.4 Å². The van der Waals surface area contributed by atoms with Gasteiger partial charge in [0, 0.05) is 10.6 Å². The van der Waals surface area contributed by atoms with Gasteiger partial charge in [-0.05, 0) is 41.4 Å². The lowest BCUT2D eigenvalue weighted by Gasteiger charge is -2.04. The zero-order chi connectivity index (χ0) is 17.1. The first-order valence-electron chi connectivity index (χ1n) is 7.48. The molecule has 0 aliphatic heterocycles. The predicted octanol–water partition coefficient (Wildman–Crippen LogP) is 3.63. The van der Waals surface area contributed by atoms with Crippen LogP contribution in [-0.2, 0) is 0 Å². The highest BCUT2D eigenvalue weighted by Gasteiger charge is 2.12. The summed E-state index contributed by atoms with van der Waals surface area (Å²) in [4.78, 5) is 13.8. The van der Waals surface area contributed by atoms with Gasteiger partial charge in [0.05, 0.1) is 4.88 Å². The molecule has 3 aromatic rings. The first-order chi connectivity index (χ1) is 11.5. The molecule has 0 spiro atoms. The molecule has 3 rings (SSSR count). The second-order valence-electron chi connectivity index (χ2n) is 5.43. The Morgan fingerprint density at radius 1 is 1.12 bits per heavy atom. The number of nitrogens with one attached hydrogen (secondary N) is 1. The van der Waals surface area contributed by atoms with Crippen LogP contribution >= 0.6 is 11.3 Å². The maximum atomic E-state index is 13.2. The van der Waals surface area contributed by atoms with Crippen LogP contribution in [0.1, 0.15) is 9.67 Å². The molecule has 0 saturated carbocycles. The van der Waals surface area contributed by atoms with E-state index >= 15 is 0 Å². The van der Waals surface area contributed by atoms with Gasteiger partial charge in [-0.2, -0.15) is 0 Å². The Labute approximate surface area is 143 Å². The van der Waals surface area contributed by atoms with Crippen molar-refractivity contribution in [2.24, 2.45) is 0 Å². The molecule has 24 heavy (non-hydrogen) atoms. The Morgan fingerprint density at radius 2 is 1.92 bits per heavy atom. The molecule has 3 nitrogen and oxygen atoms in total. The van der Waals surface area contributed by atoms with Crippen molar-refractivity contribution in [3.63, 3.8) is 0 Å². The van der Waals surface area contributed by atoms with Crippen LogP contribution in [0.5, 0.6) is 0 Å². The third-order valence-corrected chi connectivity index (χ3v) is 4.70. The number of carbonyl (C=O) groups excluding carboxylic acids is 1. The molecular weight excluding hydrogens is 324 g/mol. The summed E-state index contributed by atoms with van der Waals surface area (Å²) in [6.45, 7) is 1.17. The number of thiophene rings is 1. The van der Waals surface area contributed by atoms with Crippen molar-refractivity contribution in [2.45, 2.75) is 6.82 Å². The number of amides is 1. The molecule has 0 bridgehead atoms. The first kappa shape index (κ1) is 16.4. The monoisotopic (exact) mass is 339 g/mol. The Balaban J connectivity index is 1.80. The molecule has 0 aliphatic rings. The van der Waals surface area contributed by atoms with Crippen LogP contribution < -0.4 is 10.8 Å². The van der Waals surface area contributed by atoms with E-state index in [1.165, 1.54) is 23.5 Å². The van der Waals surface area contributed by atoms with Crippen molar-refractivity contribution in [3.8, 4) is 10.4 Å². The molecule has 0 aliphatic carbocycles. The van der Waals surface area contributed by atoms with E-state index in [0.29, 0.717) is 10.6 Å². The minimum absolute atomic E-state index is 0.275. The lowest BCUT2D eigenvalue weighted by molar-refractivity contribution is 0.103. The van der Waals surface area contributed by atoms with Crippen LogP contribution in [0.3, 0.4) is 0 Å². The van der Waals surface area contributed by atoms with Crippen LogP contribution in [0, 0.1) is 5.82 Å². The van der Waals surface area contributed by atoms with E-state index in [0.717, 1.165) is 15.9 Å². The fourth-order valence-electron chi connectivity index (χ4n) is 2.33. The minimum Gasteiger partial charge on any atom is -0.447 e. The quantitative estimate of drug-likeness (QED) is 0.713. The van der Waals surface area contributed by atoms with Gasteiger partial charge in [0.1, 0.15) is 5.82 Å². The standard InChI is InChI=1S/C18H15BFNO2S/c1-19(23)13-5-2-4-12(10-13)16-8-9-17(24-16)18(22)21-15-7-3-6-14(20)11-15/h2-11,23H,1H3,(H,21,22). The lowest BCUT2D eigenvalue weighted by atomic mass is 9.64. The minimum atomic E-state index is -0.541. The Kier molecular flexibility index (Phi) is 4.78. The number of benzene rings is 2. The molecule has 1 aromatic heterocycles. The van der Waals surface area contributed by atoms with Crippen molar-refractivity contribution in [1.82, 2.24) is 0 Å². The van der Waals surface area contributed by atoms with Gasteiger partial charge in [-0.25, -0.2) is 4.39 Å². The van der Waals surface area contributed by atoms with Gasteiger partial charge in [0.2, 0.25) is 0 Å². The second-order valence-corrected chi connectivity index (χ2v) is 6.51. The van der Waals surface area contributed by atoms with Gasteiger partial charge < -0.3 is 10.3 Å². The largest absolute Gasteiger partial charge is 0.447 e. The summed E-state index contributed by atoms with van der Waals surface area (Å²) >= 11 is 1.35. The lowest BCUT2D eigenvalue weighted by Crippen LogP contribution is -2.25. The SMILES string of the molecule is CB(O)c1cccc(-c2ccc(C(=O)Nc3cccc(F)c3)s2)c1. The number of rotatable bonds is 4.